The number of thiophene rings is 1. The molecule has 1 aliphatic rings. The highest BCUT2D eigenvalue weighted by atomic mass is 79.9. The summed E-state index contributed by atoms with van der Waals surface area (Å²) < 4.78 is 27.3. The van der Waals surface area contributed by atoms with Gasteiger partial charge in [0.1, 0.15) is 9.77 Å². The van der Waals surface area contributed by atoms with Crippen LogP contribution in [0.1, 0.15) is 28.9 Å². The van der Waals surface area contributed by atoms with Crippen LogP contribution in [-0.4, -0.2) is 37.0 Å². The average Bonchev–Trinajstić information content (AvgIpc) is 2.81. The first-order valence-corrected chi connectivity index (χ1v) is 10.2. The van der Waals surface area contributed by atoms with Gasteiger partial charge >= 0.3 is 5.97 Å². The maximum absolute atomic E-state index is 12.2. The van der Waals surface area contributed by atoms with Crippen LogP contribution >= 0.6 is 39.0 Å². The summed E-state index contributed by atoms with van der Waals surface area (Å²) in [5.74, 6) is -0.0578. The molecule has 1 aromatic rings. The van der Waals surface area contributed by atoms with Crippen LogP contribution in [0.3, 0.4) is 0 Å². The first-order valence-electron chi connectivity index (χ1n) is 6.04. The van der Waals surface area contributed by atoms with Crippen molar-refractivity contribution in [2.24, 2.45) is 0 Å². The molecule has 2 N–H and O–H groups in total. The summed E-state index contributed by atoms with van der Waals surface area (Å²) in [6.07, 6.45) is 3.33. The zero-order valence-corrected chi connectivity index (χ0v) is 14.5. The summed E-state index contributed by atoms with van der Waals surface area (Å²) in [5, 5.41) is 9.19. The number of halogens is 1. The summed E-state index contributed by atoms with van der Waals surface area (Å²) in [7, 11) is -3.67. The van der Waals surface area contributed by atoms with E-state index in [9.17, 15) is 13.2 Å². The number of nitrogens with one attached hydrogen (secondary N) is 1. The lowest BCUT2D eigenvalue weighted by atomic mass is 10.2. The van der Waals surface area contributed by atoms with Gasteiger partial charge in [-0.15, -0.1) is 11.3 Å². The lowest BCUT2D eigenvalue weighted by molar-refractivity contribution is 0.0702. The van der Waals surface area contributed by atoms with Gasteiger partial charge in [-0.1, -0.05) is 6.42 Å². The predicted molar refractivity (Wildman–Crippen MR) is 84.3 cm³/mol. The van der Waals surface area contributed by atoms with E-state index in [1.807, 2.05) is 0 Å². The molecular formula is C11H14BrNO4S3. The molecule has 1 aromatic heterocycles. The van der Waals surface area contributed by atoms with E-state index < -0.39 is 16.0 Å². The van der Waals surface area contributed by atoms with Gasteiger partial charge in [-0.05, 0) is 40.6 Å². The highest BCUT2D eigenvalue weighted by molar-refractivity contribution is 9.11. The number of hydrogen-bond donors (Lipinski definition) is 2. The van der Waals surface area contributed by atoms with Gasteiger partial charge < -0.3 is 5.11 Å². The van der Waals surface area contributed by atoms with Gasteiger partial charge in [0.2, 0.25) is 10.0 Å². The molecule has 9 heteroatoms. The molecule has 112 valence electrons. The standard InChI is InChI=1S/C11H14BrNO4S3/c12-10-9(5-8(19-10)11(14)15)20(16,17)13-6-7-3-1-2-4-18-7/h5,7,13H,1-4,6H2,(H,14,15). The van der Waals surface area contributed by atoms with Gasteiger partial charge in [0, 0.05) is 11.8 Å². The Morgan fingerprint density at radius 2 is 2.25 bits per heavy atom. The van der Waals surface area contributed by atoms with E-state index >= 15 is 0 Å². The highest BCUT2D eigenvalue weighted by Gasteiger charge is 2.24. The summed E-state index contributed by atoms with van der Waals surface area (Å²) in [6.45, 7) is 0.387. The molecule has 0 saturated carbocycles. The minimum Gasteiger partial charge on any atom is -0.477 e. The summed E-state index contributed by atoms with van der Waals surface area (Å²) >= 11 is 5.80. The highest BCUT2D eigenvalue weighted by Crippen LogP contribution is 2.32. The Kier molecular flexibility index (Phi) is 5.52. The first kappa shape index (κ1) is 16.3. The number of carboxylic acids is 1. The van der Waals surface area contributed by atoms with Crippen molar-refractivity contribution >= 4 is 55.0 Å². The van der Waals surface area contributed by atoms with Crippen LogP contribution in [0.15, 0.2) is 14.7 Å². The van der Waals surface area contributed by atoms with Crippen LogP contribution in [-0.2, 0) is 10.0 Å². The van der Waals surface area contributed by atoms with E-state index in [0.717, 1.165) is 29.9 Å². The minimum absolute atomic E-state index is 0.000657. The topological polar surface area (TPSA) is 83.5 Å². The Hall–Kier alpha value is -0.0900. The van der Waals surface area contributed by atoms with Gasteiger partial charge in [0.25, 0.3) is 0 Å². The Morgan fingerprint density at radius 1 is 1.50 bits per heavy atom. The Labute approximate surface area is 134 Å². The minimum atomic E-state index is -3.67. The van der Waals surface area contributed by atoms with Gasteiger partial charge in [-0.2, -0.15) is 11.8 Å². The summed E-state index contributed by atoms with van der Waals surface area (Å²) in [5.41, 5.74) is 0. The smallest absolute Gasteiger partial charge is 0.345 e. The second kappa shape index (κ2) is 6.78. The molecule has 0 amide bonds. The molecule has 1 saturated heterocycles. The van der Waals surface area contributed by atoms with Gasteiger partial charge in [-0.25, -0.2) is 17.9 Å². The van der Waals surface area contributed by atoms with Gasteiger partial charge in [0.05, 0.1) is 3.79 Å². The lowest BCUT2D eigenvalue weighted by Crippen LogP contribution is -2.31. The van der Waals surface area contributed by atoms with E-state index in [2.05, 4.69) is 20.7 Å². The average molecular weight is 400 g/mol. The Morgan fingerprint density at radius 3 is 2.80 bits per heavy atom. The molecule has 0 aromatic carbocycles. The summed E-state index contributed by atoms with van der Waals surface area (Å²) in [4.78, 5) is 10.9. The van der Waals surface area contributed by atoms with Crippen molar-refractivity contribution in [3.8, 4) is 0 Å². The van der Waals surface area contributed by atoms with Crippen molar-refractivity contribution in [3.63, 3.8) is 0 Å². The van der Waals surface area contributed by atoms with Crippen molar-refractivity contribution in [1.82, 2.24) is 4.72 Å². The maximum Gasteiger partial charge on any atom is 0.345 e. The second-order valence-corrected chi connectivity index (χ2v) is 9.91. The Bertz CT molecular complexity index is 593. The SMILES string of the molecule is O=C(O)c1cc(S(=O)(=O)NCC2CCCCS2)c(Br)s1. The largest absolute Gasteiger partial charge is 0.477 e. The van der Waals surface area contributed by atoms with E-state index in [1.54, 1.807) is 11.8 Å². The molecule has 1 atom stereocenters. The fourth-order valence-corrected chi connectivity index (χ4v) is 6.72. The number of carbonyl (C=O) groups is 1. The van der Waals surface area contributed by atoms with Crippen LogP contribution in [0.5, 0.6) is 0 Å². The molecule has 5 nitrogen and oxygen atoms in total. The number of sulfonamides is 1. The molecular weight excluding hydrogens is 386 g/mol. The molecule has 1 aliphatic heterocycles. The van der Waals surface area contributed by atoms with Crippen LogP contribution < -0.4 is 4.72 Å². The third kappa shape index (κ3) is 3.97. The van der Waals surface area contributed by atoms with Crippen molar-refractivity contribution in [2.45, 2.75) is 29.4 Å². The molecule has 0 radical (unpaired) electrons. The fourth-order valence-electron chi connectivity index (χ4n) is 1.89. The number of aromatic carboxylic acids is 1. The van der Waals surface area contributed by atoms with Crippen molar-refractivity contribution in [3.05, 3.63) is 14.7 Å². The zero-order valence-electron chi connectivity index (χ0n) is 10.5. The molecule has 0 aliphatic carbocycles. The van der Waals surface area contributed by atoms with Crippen LogP contribution in [0.25, 0.3) is 0 Å². The third-order valence-corrected chi connectivity index (χ3v) is 7.99. The molecule has 2 heterocycles. The molecule has 0 spiro atoms. The first-order chi connectivity index (χ1) is 9.40. The number of hydrogen-bond acceptors (Lipinski definition) is 5. The molecule has 1 fully saturated rings. The summed E-state index contributed by atoms with van der Waals surface area (Å²) in [6, 6.07) is 1.19. The van der Waals surface area contributed by atoms with E-state index in [1.165, 1.54) is 12.5 Å². The lowest BCUT2D eigenvalue weighted by Gasteiger charge is -2.21. The second-order valence-electron chi connectivity index (χ2n) is 4.39. The number of carboxylic acid groups (broad SMARTS) is 1. The van der Waals surface area contributed by atoms with Crippen molar-refractivity contribution in [1.29, 1.82) is 0 Å². The third-order valence-electron chi connectivity index (χ3n) is 2.93. The Balaban J connectivity index is 2.07. The van der Waals surface area contributed by atoms with Gasteiger partial charge in [0.15, 0.2) is 0 Å². The number of rotatable bonds is 5. The quantitative estimate of drug-likeness (QED) is 0.794. The fraction of sp³-hybridized carbons (Fsp3) is 0.545. The maximum atomic E-state index is 12.2. The molecule has 20 heavy (non-hydrogen) atoms. The van der Waals surface area contributed by atoms with Gasteiger partial charge in [-0.3, -0.25) is 0 Å². The molecule has 1 unspecified atom stereocenters. The number of thioether (sulfide) groups is 1. The van der Waals surface area contributed by atoms with E-state index in [4.69, 9.17) is 5.11 Å². The molecule has 0 bridgehead atoms. The zero-order chi connectivity index (χ0) is 14.8. The van der Waals surface area contributed by atoms with Crippen molar-refractivity contribution < 1.29 is 18.3 Å². The van der Waals surface area contributed by atoms with E-state index in [0.29, 0.717) is 15.6 Å². The normalized spacial score (nSPS) is 19.9. The van der Waals surface area contributed by atoms with Crippen LogP contribution in [0, 0.1) is 0 Å². The monoisotopic (exact) mass is 399 g/mol. The van der Waals surface area contributed by atoms with E-state index in [-0.39, 0.29) is 9.77 Å². The molecule has 2 rings (SSSR count). The van der Waals surface area contributed by atoms with Crippen LogP contribution in [0.2, 0.25) is 0 Å². The predicted octanol–water partition coefficient (Wildman–Crippen LogP) is 2.77. The van der Waals surface area contributed by atoms with Crippen LogP contribution in [0.4, 0.5) is 0 Å². The van der Waals surface area contributed by atoms with Crippen molar-refractivity contribution in [2.75, 3.05) is 12.3 Å².